The number of hydrogen-bond donors (Lipinski definition) is 2. The Morgan fingerprint density at radius 1 is 1.50 bits per heavy atom. The van der Waals surface area contributed by atoms with Gasteiger partial charge in [-0.15, -0.1) is 11.3 Å². The molecule has 112 valence electrons. The van der Waals surface area contributed by atoms with E-state index in [1.165, 1.54) is 4.88 Å². The molecule has 1 fully saturated rings. The lowest BCUT2D eigenvalue weighted by atomic mass is 9.78. The first-order chi connectivity index (χ1) is 9.66. The third-order valence-electron chi connectivity index (χ3n) is 3.75. The van der Waals surface area contributed by atoms with Crippen LogP contribution in [-0.4, -0.2) is 39.3 Å². The van der Waals surface area contributed by atoms with Gasteiger partial charge in [-0.1, -0.05) is 0 Å². The Kier molecular flexibility index (Phi) is 6.01. The summed E-state index contributed by atoms with van der Waals surface area (Å²) in [6, 6.07) is 4.14. The van der Waals surface area contributed by atoms with Crippen LogP contribution >= 0.6 is 27.3 Å². The summed E-state index contributed by atoms with van der Waals surface area (Å²) < 4.78 is 6.41. The Hall–Kier alpha value is -0.430. The first kappa shape index (κ1) is 15.9. The molecule has 0 bridgehead atoms. The van der Waals surface area contributed by atoms with E-state index in [-0.39, 0.29) is 11.3 Å². The normalized spacial score (nSPS) is 17.9. The van der Waals surface area contributed by atoms with Crippen molar-refractivity contribution in [3.8, 4) is 0 Å². The summed E-state index contributed by atoms with van der Waals surface area (Å²) >= 11 is 5.17. The molecule has 1 aromatic rings. The summed E-state index contributed by atoms with van der Waals surface area (Å²) in [5.41, 5.74) is -0.351. The molecule has 0 saturated carbocycles. The number of halogens is 1. The molecule has 1 aliphatic rings. The van der Waals surface area contributed by atoms with Crippen LogP contribution in [0.3, 0.4) is 0 Å². The third-order valence-corrected chi connectivity index (χ3v) is 5.43. The van der Waals surface area contributed by atoms with Crippen LogP contribution in [0.25, 0.3) is 0 Å². The van der Waals surface area contributed by atoms with Gasteiger partial charge in [-0.2, -0.15) is 0 Å². The maximum absolute atomic E-state index is 12.5. The first-order valence-electron chi connectivity index (χ1n) is 6.88. The quantitative estimate of drug-likeness (QED) is 0.817. The number of ether oxygens (including phenoxy) is 1. The predicted octanol–water partition coefficient (Wildman–Crippen LogP) is 2.19. The monoisotopic (exact) mass is 360 g/mol. The van der Waals surface area contributed by atoms with Crippen LogP contribution in [0.4, 0.5) is 0 Å². The highest BCUT2D eigenvalue weighted by molar-refractivity contribution is 9.11. The van der Waals surface area contributed by atoms with Gasteiger partial charge in [-0.05, 0) is 60.4 Å². The molecule has 2 rings (SSSR count). The fraction of sp³-hybridized carbons (Fsp3) is 0.643. The number of methoxy groups -OCH3 is 1. The van der Waals surface area contributed by atoms with Crippen LogP contribution < -0.4 is 10.6 Å². The summed E-state index contributed by atoms with van der Waals surface area (Å²) in [6.45, 7) is 2.96. The first-order valence-corrected chi connectivity index (χ1v) is 8.49. The highest BCUT2D eigenvalue weighted by Gasteiger charge is 2.39. The van der Waals surface area contributed by atoms with Crippen molar-refractivity contribution >= 4 is 33.2 Å². The number of amides is 1. The second-order valence-corrected chi connectivity index (χ2v) is 7.72. The van der Waals surface area contributed by atoms with Gasteiger partial charge in [-0.25, -0.2) is 0 Å². The molecule has 1 aliphatic heterocycles. The molecule has 2 N–H and O–H groups in total. The summed E-state index contributed by atoms with van der Waals surface area (Å²) in [5.74, 6) is 0.136. The van der Waals surface area contributed by atoms with E-state index in [1.807, 2.05) is 6.07 Å². The van der Waals surface area contributed by atoms with E-state index >= 15 is 0 Å². The lowest BCUT2D eigenvalue weighted by Gasteiger charge is -2.35. The fourth-order valence-electron chi connectivity index (χ4n) is 2.59. The molecule has 20 heavy (non-hydrogen) atoms. The van der Waals surface area contributed by atoms with Gasteiger partial charge in [0.1, 0.15) is 0 Å². The number of hydrogen-bond acceptors (Lipinski definition) is 4. The second-order valence-electron chi connectivity index (χ2n) is 5.18. The molecule has 1 aromatic heterocycles. The Morgan fingerprint density at radius 3 is 2.85 bits per heavy atom. The fourth-order valence-corrected chi connectivity index (χ4v) is 4.07. The molecule has 0 aromatic carbocycles. The lowest BCUT2D eigenvalue weighted by molar-refractivity contribution is -0.136. The maximum atomic E-state index is 12.5. The zero-order valence-electron chi connectivity index (χ0n) is 11.7. The lowest BCUT2D eigenvalue weighted by Crippen LogP contribution is -2.50. The van der Waals surface area contributed by atoms with E-state index in [0.29, 0.717) is 13.2 Å². The van der Waals surface area contributed by atoms with Crippen molar-refractivity contribution in [1.29, 1.82) is 0 Å². The van der Waals surface area contributed by atoms with Gasteiger partial charge in [0, 0.05) is 18.5 Å². The minimum absolute atomic E-state index is 0.136. The molecule has 0 spiro atoms. The van der Waals surface area contributed by atoms with Gasteiger partial charge in [0.25, 0.3) is 0 Å². The Bertz CT molecular complexity index is 439. The number of carbonyl (C=O) groups is 1. The van der Waals surface area contributed by atoms with E-state index < -0.39 is 0 Å². The summed E-state index contributed by atoms with van der Waals surface area (Å²) in [6.07, 6.45) is 2.57. The number of nitrogens with one attached hydrogen (secondary N) is 2. The average Bonchev–Trinajstić information content (AvgIpc) is 2.86. The van der Waals surface area contributed by atoms with Crippen LogP contribution in [0, 0.1) is 5.41 Å². The van der Waals surface area contributed by atoms with Crippen LogP contribution in [-0.2, 0) is 16.0 Å². The van der Waals surface area contributed by atoms with Crippen molar-refractivity contribution in [2.24, 2.45) is 5.41 Å². The summed E-state index contributed by atoms with van der Waals surface area (Å²) in [5, 5.41) is 6.38. The van der Waals surface area contributed by atoms with Crippen LogP contribution in [0.1, 0.15) is 17.7 Å². The number of piperidine rings is 1. The molecule has 0 atom stereocenters. The average molecular weight is 361 g/mol. The second kappa shape index (κ2) is 7.54. The van der Waals surface area contributed by atoms with E-state index in [1.54, 1.807) is 18.4 Å². The highest BCUT2D eigenvalue weighted by Crippen LogP contribution is 2.29. The van der Waals surface area contributed by atoms with Crippen LogP contribution in [0.2, 0.25) is 0 Å². The van der Waals surface area contributed by atoms with Gasteiger partial charge >= 0.3 is 0 Å². The predicted molar refractivity (Wildman–Crippen MR) is 85.1 cm³/mol. The number of thiophene rings is 1. The van der Waals surface area contributed by atoms with Crippen molar-refractivity contribution in [2.45, 2.75) is 19.3 Å². The van der Waals surface area contributed by atoms with Crippen molar-refractivity contribution in [1.82, 2.24) is 10.6 Å². The van der Waals surface area contributed by atoms with E-state index in [2.05, 4.69) is 32.6 Å². The van der Waals surface area contributed by atoms with Gasteiger partial charge in [0.15, 0.2) is 0 Å². The van der Waals surface area contributed by atoms with Crippen molar-refractivity contribution < 1.29 is 9.53 Å². The Morgan fingerprint density at radius 2 is 2.25 bits per heavy atom. The molecule has 1 amide bonds. The smallest absolute Gasteiger partial charge is 0.228 e. The molecule has 2 heterocycles. The van der Waals surface area contributed by atoms with Crippen LogP contribution in [0.5, 0.6) is 0 Å². The maximum Gasteiger partial charge on any atom is 0.228 e. The molecule has 0 radical (unpaired) electrons. The molecule has 0 aliphatic carbocycles. The van der Waals surface area contributed by atoms with Crippen molar-refractivity contribution in [2.75, 3.05) is 33.4 Å². The molecule has 4 nitrogen and oxygen atoms in total. The number of rotatable bonds is 6. The van der Waals surface area contributed by atoms with Crippen molar-refractivity contribution in [3.63, 3.8) is 0 Å². The molecule has 1 saturated heterocycles. The molecular weight excluding hydrogens is 340 g/mol. The van der Waals surface area contributed by atoms with Crippen LogP contribution in [0.15, 0.2) is 15.9 Å². The standard InChI is InChI=1S/C14H21BrN2O2S/c1-19-10-14(5-8-16-9-6-14)13(18)17-7-4-11-2-3-12(15)20-11/h2-3,16H,4-10H2,1H3,(H,17,18). The SMILES string of the molecule is COCC1(C(=O)NCCc2ccc(Br)s2)CCNCC1. The van der Waals surface area contributed by atoms with Crippen molar-refractivity contribution in [3.05, 3.63) is 20.8 Å². The minimum Gasteiger partial charge on any atom is -0.384 e. The molecule has 0 unspecified atom stereocenters. The third kappa shape index (κ3) is 4.04. The minimum atomic E-state index is -0.351. The summed E-state index contributed by atoms with van der Waals surface area (Å²) in [4.78, 5) is 13.8. The van der Waals surface area contributed by atoms with Gasteiger partial charge < -0.3 is 15.4 Å². The zero-order chi connectivity index (χ0) is 14.4. The number of carbonyl (C=O) groups excluding carboxylic acids is 1. The van der Waals surface area contributed by atoms with Gasteiger partial charge in [-0.3, -0.25) is 4.79 Å². The van der Waals surface area contributed by atoms with E-state index in [9.17, 15) is 4.79 Å². The molecule has 6 heteroatoms. The molecular formula is C14H21BrN2O2S. The van der Waals surface area contributed by atoms with Gasteiger partial charge in [0.05, 0.1) is 15.8 Å². The Balaban J connectivity index is 1.85. The Labute approximate surface area is 132 Å². The topological polar surface area (TPSA) is 50.4 Å². The van der Waals surface area contributed by atoms with E-state index in [4.69, 9.17) is 4.74 Å². The highest BCUT2D eigenvalue weighted by atomic mass is 79.9. The van der Waals surface area contributed by atoms with Gasteiger partial charge in [0.2, 0.25) is 5.91 Å². The van der Waals surface area contributed by atoms with E-state index in [0.717, 1.165) is 36.1 Å². The zero-order valence-corrected chi connectivity index (χ0v) is 14.1. The summed E-state index contributed by atoms with van der Waals surface area (Å²) in [7, 11) is 1.67. The largest absolute Gasteiger partial charge is 0.384 e.